The number of carbonyl (C=O) groups excluding carboxylic acids is 1. The van der Waals surface area contributed by atoms with E-state index in [-0.39, 0.29) is 11.8 Å². The first kappa shape index (κ1) is 13.9. The SMILES string of the molecule is O=C(O)Oc1noc2c1CN(C(=O)CC1CCCC1)CC2. The van der Waals surface area contributed by atoms with E-state index < -0.39 is 6.16 Å². The minimum absolute atomic E-state index is 0.0455. The fraction of sp³-hybridized carbons (Fsp3) is 0.643. The van der Waals surface area contributed by atoms with Crippen molar-refractivity contribution in [3.63, 3.8) is 0 Å². The molecular formula is C14H18N2O5. The summed E-state index contributed by atoms with van der Waals surface area (Å²) in [7, 11) is 0. The fourth-order valence-corrected chi connectivity index (χ4v) is 3.15. The quantitative estimate of drug-likeness (QED) is 0.859. The first-order valence-corrected chi connectivity index (χ1v) is 7.29. The average molecular weight is 294 g/mol. The van der Waals surface area contributed by atoms with Crippen molar-refractivity contribution in [3.8, 4) is 5.88 Å². The molecular weight excluding hydrogens is 276 g/mol. The molecule has 0 aromatic carbocycles. The minimum Gasteiger partial charge on any atom is -0.449 e. The molecule has 114 valence electrons. The molecule has 2 heterocycles. The van der Waals surface area contributed by atoms with Crippen LogP contribution in [-0.4, -0.2) is 33.8 Å². The van der Waals surface area contributed by atoms with Gasteiger partial charge in [-0.1, -0.05) is 12.8 Å². The predicted octanol–water partition coefficient (Wildman–Crippen LogP) is 2.20. The van der Waals surface area contributed by atoms with E-state index in [0.29, 0.717) is 43.2 Å². The minimum atomic E-state index is -1.43. The maximum absolute atomic E-state index is 12.3. The van der Waals surface area contributed by atoms with E-state index in [1.54, 1.807) is 4.90 Å². The Morgan fingerprint density at radius 2 is 2.14 bits per heavy atom. The molecule has 0 unspecified atom stereocenters. The Morgan fingerprint density at radius 3 is 2.86 bits per heavy atom. The summed E-state index contributed by atoms with van der Waals surface area (Å²) in [6, 6.07) is 0. The molecule has 0 spiro atoms. The van der Waals surface area contributed by atoms with Gasteiger partial charge in [-0.3, -0.25) is 4.79 Å². The zero-order chi connectivity index (χ0) is 14.8. The number of carbonyl (C=O) groups is 2. The van der Waals surface area contributed by atoms with Crippen molar-refractivity contribution in [3.05, 3.63) is 11.3 Å². The summed E-state index contributed by atoms with van der Waals surface area (Å²) in [4.78, 5) is 24.7. The van der Waals surface area contributed by atoms with Gasteiger partial charge in [0.05, 0.1) is 12.1 Å². The topological polar surface area (TPSA) is 92.9 Å². The van der Waals surface area contributed by atoms with Crippen LogP contribution in [0.5, 0.6) is 5.88 Å². The maximum atomic E-state index is 12.3. The van der Waals surface area contributed by atoms with E-state index in [9.17, 15) is 9.59 Å². The lowest BCUT2D eigenvalue weighted by atomic mass is 10.0. The van der Waals surface area contributed by atoms with Crippen LogP contribution in [0, 0.1) is 5.92 Å². The second-order valence-electron chi connectivity index (χ2n) is 5.68. The normalized spacial score (nSPS) is 18.6. The number of ether oxygens (including phenoxy) is 1. The van der Waals surface area contributed by atoms with E-state index in [1.165, 1.54) is 12.8 Å². The van der Waals surface area contributed by atoms with Crippen molar-refractivity contribution in [2.24, 2.45) is 5.92 Å². The molecule has 21 heavy (non-hydrogen) atoms. The highest BCUT2D eigenvalue weighted by atomic mass is 16.7. The molecule has 1 amide bonds. The molecule has 7 nitrogen and oxygen atoms in total. The number of hydrogen-bond donors (Lipinski definition) is 1. The predicted molar refractivity (Wildman–Crippen MR) is 70.9 cm³/mol. The van der Waals surface area contributed by atoms with Crippen molar-refractivity contribution in [1.82, 2.24) is 10.1 Å². The van der Waals surface area contributed by atoms with Crippen LogP contribution in [0.4, 0.5) is 4.79 Å². The van der Waals surface area contributed by atoms with Gasteiger partial charge in [0.1, 0.15) is 5.76 Å². The van der Waals surface area contributed by atoms with Gasteiger partial charge in [-0.25, -0.2) is 4.79 Å². The number of amides is 1. The lowest BCUT2D eigenvalue weighted by Crippen LogP contribution is -2.36. The lowest BCUT2D eigenvalue weighted by Gasteiger charge is -2.27. The van der Waals surface area contributed by atoms with Gasteiger partial charge in [0, 0.05) is 19.4 Å². The fourth-order valence-electron chi connectivity index (χ4n) is 3.15. The zero-order valence-electron chi connectivity index (χ0n) is 11.7. The summed E-state index contributed by atoms with van der Waals surface area (Å²) in [5.74, 6) is 1.18. The van der Waals surface area contributed by atoms with Crippen molar-refractivity contribution < 1.29 is 24.0 Å². The molecule has 1 fully saturated rings. The zero-order valence-corrected chi connectivity index (χ0v) is 11.7. The molecule has 1 saturated carbocycles. The van der Waals surface area contributed by atoms with Crippen LogP contribution < -0.4 is 4.74 Å². The van der Waals surface area contributed by atoms with Gasteiger partial charge in [-0.15, -0.1) is 0 Å². The third kappa shape index (κ3) is 3.01. The second kappa shape index (κ2) is 5.75. The van der Waals surface area contributed by atoms with Crippen LogP contribution in [0.3, 0.4) is 0 Å². The van der Waals surface area contributed by atoms with Crippen LogP contribution in [-0.2, 0) is 17.8 Å². The summed E-state index contributed by atoms with van der Waals surface area (Å²) in [6.07, 6.45) is 4.38. The second-order valence-corrected chi connectivity index (χ2v) is 5.68. The molecule has 1 aromatic rings. The molecule has 3 rings (SSSR count). The molecule has 0 atom stereocenters. The van der Waals surface area contributed by atoms with E-state index in [2.05, 4.69) is 9.89 Å². The molecule has 1 aliphatic carbocycles. The summed E-state index contributed by atoms with van der Waals surface area (Å²) in [5, 5.41) is 12.3. The molecule has 0 saturated heterocycles. The number of hydrogen-bond acceptors (Lipinski definition) is 5. The standard InChI is InChI=1S/C14H18N2O5/c17-12(7-9-3-1-2-4-9)16-6-5-11-10(8-16)13(15-21-11)20-14(18)19/h9H,1-8H2,(H,18,19). The molecule has 7 heteroatoms. The number of carboxylic acid groups (broad SMARTS) is 1. The van der Waals surface area contributed by atoms with Crippen LogP contribution in [0.2, 0.25) is 0 Å². The Balaban J connectivity index is 1.66. The van der Waals surface area contributed by atoms with E-state index >= 15 is 0 Å². The van der Waals surface area contributed by atoms with Gasteiger partial charge in [-0.05, 0) is 23.9 Å². The molecule has 1 aromatic heterocycles. The Kier molecular flexibility index (Phi) is 3.81. The van der Waals surface area contributed by atoms with Crippen LogP contribution >= 0.6 is 0 Å². The average Bonchev–Trinajstić information content (AvgIpc) is 3.08. The molecule has 1 N–H and O–H groups in total. The van der Waals surface area contributed by atoms with Gasteiger partial charge < -0.3 is 19.3 Å². The third-order valence-corrected chi connectivity index (χ3v) is 4.27. The summed E-state index contributed by atoms with van der Waals surface area (Å²) >= 11 is 0. The van der Waals surface area contributed by atoms with Gasteiger partial charge in [0.25, 0.3) is 5.88 Å². The summed E-state index contributed by atoms with van der Waals surface area (Å²) in [6.45, 7) is 0.896. The van der Waals surface area contributed by atoms with E-state index in [1.807, 2.05) is 0 Å². The van der Waals surface area contributed by atoms with Gasteiger partial charge in [0.15, 0.2) is 0 Å². The van der Waals surface area contributed by atoms with Crippen LogP contribution in [0.25, 0.3) is 0 Å². The molecule has 0 bridgehead atoms. The van der Waals surface area contributed by atoms with Gasteiger partial charge >= 0.3 is 6.16 Å². The number of aromatic nitrogens is 1. The van der Waals surface area contributed by atoms with Crippen molar-refractivity contribution in [2.75, 3.05) is 6.54 Å². The van der Waals surface area contributed by atoms with Crippen molar-refractivity contribution in [1.29, 1.82) is 0 Å². The van der Waals surface area contributed by atoms with Crippen molar-refractivity contribution >= 4 is 12.1 Å². The largest absolute Gasteiger partial charge is 0.512 e. The molecule has 0 radical (unpaired) electrons. The molecule has 2 aliphatic rings. The van der Waals surface area contributed by atoms with Crippen LogP contribution in [0.15, 0.2) is 4.52 Å². The summed E-state index contributed by atoms with van der Waals surface area (Å²) < 4.78 is 9.66. The Morgan fingerprint density at radius 1 is 1.38 bits per heavy atom. The first-order chi connectivity index (χ1) is 10.1. The lowest BCUT2D eigenvalue weighted by molar-refractivity contribution is -0.133. The Labute approximate surface area is 121 Å². The Bertz CT molecular complexity index is 548. The monoisotopic (exact) mass is 294 g/mol. The molecule has 1 aliphatic heterocycles. The highest BCUT2D eigenvalue weighted by molar-refractivity contribution is 5.77. The van der Waals surface area contributed by atoms with Crippen molar-refractivity contribution in [2.45, 2.75) is 45.1 Å². The first-order valence-electron chi connectivity index (χ1n) is 7.29. The smallest absolute Gasteiger partial charge is 0.449 e. The maximum Gasteiger partial charge on any atom is 0.512 e. The highest BCUT2D eigenvalue weighted by Gasteiger charge is 2.30. The van der Waals surface area contributed by atoms with Gasteiger partial charge in [-0.2, -0.15) is 0 Å². The number of fused-ring (bicyclic) bond motifs is 1. The Hall–Kier alpha value is -2.05. The number of rotatable bonds is 3. The number of nitrogens with zero attached hydrogens (tertiary/aromatic N) is 2. The van der Waals surface area contributed by atoms with E-state index in [4.69, 9.17) is 9.63 Å². The van der Waals surface area contributed by atoms with E-state index in [0.717, 1.165) is 12.8 Å². The van der Waals surface area contributed by atoms with Gasteiger partial charge in [0.2, 0.25) is 5.91 Å². The third-order valence-electron chi connectivity index (χ3n) is 4.27. The van der Waals surface area contributed by atoms with Crippen LogP contribution in [0.1, 0.15) is 43.4 Å². The highest BCUT2D eigenvalue weighted by Crippen LogP contribution is 2.31. The summed E-state index contributed by atoms with van der Waals surface area (Å²) in [5.41, 5.74) is 0.573.